The second-order valence-corrected chi connectivity index (χ2v) is 7.80. The van der Waals surface area contributed by atoms with Crippen LogP contribution in [0.1, 0.15) is 10.4 Å². The van der Waals surface area contributed by atoms with Gasteiger partial charge in [-0.3, -0.25) is 34.4 Å². The number of amides is 2. The van der Waals surface area contributed by atoms with Crippen LogP contribution in [0.3, 0.4) is 0 Å². The van der Waals surface area contributed by atoms with E-state index in [1.807, 2.05) is 0 Å². The Hall–Kier alpha value is -5.00. The molecule has 35 heavy (non-hydrogen) atoms. The van der Waals surface area contributed by atoms with E-state index in [0.717, 1.165) is 4.57 Å². The molecule has 12 nitrogen and oxygen atoms in total. The van der Waals surface area contributed by atoms with Crippen molar-refractivity contribution in [3.63, 3.8) is 0 Å². The van der Waals surface area contributed by atoms with Gasteiger partial charge in [-0.2, -0.15) is 0 Å². The van der Waals surface area contributed by atoms with Crippen LogP contribution in [-0.4, -0.2) is 35.5 Å². The number of pyridine rings is 1. The lowest BCUT2D eigenvalue weighted by Crippen LogP contribution is -2.43. The van der Waals surface area contributed by atoms with Gasteiger partial charge < -0.3 is 8.98 Å². The minimum atomic E-state index is -0.599. The fourth-order valence-corrected chi connectivity index (χ4v) is 3.82. The van der Waals surface area contributed by atoms with Gasteiger partial charge in [-0.25, -0.2) is 14.8 Å². The third-order valence-electron chi connectivity index (χ3n) is 5.58. The second-order valence-electron chi connectivity index (χ2n) is 7.80. The smallest absolute Gasteiger partial charge is 0.332 e. The van der Waals surface area contributed by atoms with Crippen molar-refractivity contribution in [2.45, 2.75) is 6.54 Å². The number of aromatic nitrogens is 5. The predicted molar refractivity (Wildman–Crippen MR) is 125 cm³/mol. The largest absolute Gasteiger partial charge is 0.463 e. The van der Waals surface area contributed by atoms with Gasteiger partial charge in [0, 0.05) is 19.5 Å². The first kappa shape index (κ1) is 21.8. The molecule has 5 aromatic rings. The lowest BCUT2D eigenvalue weighted by Gasteiger charge is -2.11. The highest BCUT2D eigenvalue weighted by Crippen LogP contribution is 2.25. The van der Waals surface area contributed by atoms with E-state index in [2.05, 4.69) is 20.8 Å². The molecule has 0 bridgehead atoms. The van der Waals surface area contributed by atoms with Crippen LogP contribution >= 0.6 is 0 Å². The van der Waals surface area contributed by atoms with Gasteiger partial charge in [0.05, 0.1) is 23.7 Å². The zero-order valence-electron chi connectivity index (χ0n) is 18.7. The Morgan fingerprint density at radius 2 is 1.83 bits per heavy atom. The number of furan rings is 1. The summed E-state index contributed by atoms with van der Waals surface area (Å²) in [6.07, 6.45) is 2.80. The van der Waals surface area contributed by atoms with Crippen molar-refractivity contribution < 1.29 is 14.0 Å². The van der Waals surface area contributed by atoms with Crippen molar-refractivity contribution in [1.82, 2.24) is 34.5 Å². The number of hydrogen-bond acceptors (Lipinski definition) is 7. The molecule has 0 atom stereocenters. The maximum Gasteiger partial charge on any atom is 0.332 e. The Morgan fingerprint density at radius 3 is 2.60 bits per heavy atom. The number of fused-ring (bicyclic) bond motifs is 2. The van der Waals surface area contributed by atoms with E-state index in [1.54, 1.807) is 42.5 Å². The predicted octanol–water partition coefficient (Wildman–Crippen LogP) is 0.703. The summed E-state index contributed by atoms with van der Waals surface area (Å²) in [5, 5.41) is 0.597. The minimum Gasteiger partial charge on any atom is -0.463 e. The number of imidazole rings is 1. The molecule has 0 saturated carbocycles. The molecule has 0 aliphatic rings. The van der Waals surface area contributed by atoms with E-state index >= 15 is 0 Å². The summed E-state index contributed by atoms with van der Waals surface area (Å²) in [7, 11) is 2.83. The van der Waals surface area contributed by atoms with Crippen LogP contribution in [0.2, 0.25) is 0 Å². The van der Waals surface area contributed by atoms with Gasteiger partial charge in [0.25, 0.3) is 17.4 Å². The molecule has 2 amide bonds. The molecule has 4 heterocycles. The van der Waals surface area contributed by atoms with Crippen molar-refractivity contribution >= 4 is 33.9 Å². The Labute approximate surface area is 196 Å². The molecule has 0 spiro atoms. The number of rotatable bonds is 4. The number of nitrogens with one attached hydrogen (secondary N) is 2. The quantitative estimate of drug-likeness (QED) is 0.365. The van der Waals surface area contributed by atoms with E-state index in [0.29, 0.717) is 27.9 Å². The molecule has 0 unspecified atom stereocenters. The Morgan fingerprint density at radius 1 is 1.03 bits per heavy atom. The number of benzene rings is 1. The van der Waals surface area contributed by atoms with Gasteiger partial charge in [0.1, 0.15) is 12.2 Å². The third-order valence-corrected chi connectivity index (χ3v) is 5.58. The van der Waals surface area contributed by atoms with Gasteiger partial charge >= 0.3 is 5.69 Å². The highest BCUT2D eigenvalue weighted by atomic mass is 16.3. The molecule has 176 valence electrons. The number of hydrazine groups is 1. The summed E-state index contributed by atoms with van der Waals surface area (Å²) in [6.45, 7) is -0.307. The molecule has 5 rings (SSSR count). The Kier molecular flexibility index (Phi) is 5.24. The molecular formula is C23H19N7O5. The van der Waals surface area contributed by atoms with Crippen molar-refractivity contribution in [3.8, 4) is 11.5 Å². The normalized spacial score (nSPS) is 11.1. The topological polar surface area (TPSA) is 146 Å². The maximum absolute atomic E-state index is 13.0. The van der Waals surface area contributed by atoms with Crippen molar-refractivity contribution in [2.75, 3.05) is 0 Å². The Bertz CT molecular complexity index is 1730. The molecule has 0 aliphatic heterocycles. The van der Waals surface area contributed by atoms with E-state index in [-0.39, 0.29) is 17.7 Å². The molecule has 0 radical (unpaired) electrons. The zero-order valence-corrected chi connectivity index (χ0v) is 18.7. The zero-order chi connectivity index (χ0) is 24.7. The molecule has 0 saturated heterocycles. The summed E-state index contributed by atoms with van der Waals surface area (Å²) in [4.78, 5) is 58.8. The molecular weight excluding hydrogens is 454 g/mol. The van der Waals surface area contributed by atoms with Crippen LogP contribution in [0.5, 0.6) is 0 Å². The number of carbonyl (C=O) groups is 2. The number of carbonyl (C=O) groups excluding carboxylic acids is 2. The fourth-order valence-electron chi connectivity index (χ4n) is 3.82. The number of aryl methyl sites for hydroxylation is 1. The van der Waals surface area contributed by atoms with Gasteiger partial charge in [-0.1, -0.05) is 18.2 Å². The van der Waals surface area contributed by atoms with E-state index in [9.17, 15) is 19.2 Å². The molecule has 2 N–H and O–H groups in total. The van der Waals surface area contributed by atoms with Crippen molar-refractivity contribution in [3.05, 3.63) is 81.5 Å². The average Bonchev–Trinajstić information content (AvgIpc) is 3.55. The van der Waals surface area contributed by atoms with Crippen molar-refractivity contribution in [1.29, 1.82) is 0 Å². The summed E-state index contributed by atoms with van der Waals surface area (Å²) in [6, 6.07) is 12.1. The van der Waals surface area contributed by atoms with Crippen LogP contribution in [0.25, 0.3) is 33.5 Å². The van der Waals surface area contributed by atoms with Crippen LogP contribution in [0.4, 0.5) is 0 Å². The first-order chi connectivity index (χ1) is 16.8. The molecule has 4 aromatic heterocycles. The minimum absolute atomic E-state index is 0.0966. The molecule has 12 heteroatoms. The fraction of sp³-hybridized carbons (Fsp3) is 0.130. The summed E-state index contributed by atoms with van der Waals surface area (Å²) in [5.41, 5.74) is 5.25. The average molecular weight is 473 g/mol. The van der Waals surface area contributed by atoms with Crippen molar-refractivity contribution in [2.24, 2.45) is 14.1 Å². The number of para-hydroxylation sites is 1. The van der Waals surface area contributed by atoms with Gasteiger partial charge in [-0.15, -0.1) is 0 Å². The molecule has 0 fully saturated rings. The Balaban J connectivity index is 1.38. The van der Waals surface area contributed by atoms with Gasteiger partial charge in [0.2, 0.25) is 0 Å². The molecule has 1 aromatic carbocycles. The van der Waals surface area contributed by atoms with Gasteiger partial charge in [0.15, 0.2) is 16.9 Å². The maximum atomic E-state index is 13.0. The summed E-state index contributed by atoms with van der Waals surface area (Å²) >= 11 is 0. The lowest BCUT2D eigenvalue weighted by molar-refractivity contribution is -0.122. The van der Waals surface area contributed by atoms with E-state index in [4.69, 9.17) is 4.42 Å². The lowest BCUT2D eigenvalue weighted by atomic mass is 10.1. The summed E-state index contributed by atoms with van der Waals surface area (Å²) in [5.74, 6) is -0.659. The number of hydrogen-bond donors (Lipinski definition) is 2. The molecule has 0 aliphatic carbocycles. The summed E-state index contributed by atoms with van der Waals surface area (Å²) < 4.78 is 8.88. The number of nitrogens with zero attached hydrogens (tertiary/aromatic N) is 5. The first-order valence-corrected chi connectivity index (χ1v) is 10.5. The van der Waals surface area contributed by atoms with E-state index in [1.165, 1.54) is 35.8 Å². The van der Waals surface area contributed by atoms with Gasteiger partial charge in [-0.05, 0) is 24.3 Å². The van der Waals surface area contributed by atoms with Crippen LogP contribution < -0.4 is 22.1 Å². The standard InChI is InChI=1S/C23H19N7O5/c1-28-20-19(22(33)29(2)23(28)34)30(12-24-20)11-18(31)26-27-21(32)14-10-16(17-8-5-9-35-17)25-15-7-4-3-6-13(14)15/h3-10,12H,11H2,1-2H3,(H,26,31)(H,27,32). The van der Waals surface area contributed by atoms with Crippen LogP contribution in [0, 0.1) is 0 Å². The highest BCUT2D eigenvalue weighted by Gasteiger charge is 2.18. The monoisotopic (exact) mass is 473 g/mol. The first-order valence-electron chi connectivity index (χ1n) is 10.5. The van der Waals surface area contributed by atoms with Crippen LogP contribution in [-0.2, 0) is 25.4 Å². The highest BCUT2D eigenvalue weighted by molar-refractivity contribution is 6.07. The second kappa shape index (κ2) is 8.41. The third kappa shape index (κ3) is 3.76. The SMILES string of the molecule is Cn1c(=O)c2c(ncn2CC(=O)NNC(=O)c2cc(-c3ccco3)nc3ccccc23)n(C)c1=O. The van der Waals surface area contributed by atoms with E-state index < -0.39 is 23.1 Å². The van der Waals surface area contributed by atoms with Crippen LogP contribution in [0.15, 0.2) is 69.1 Å².